The summed E-state index contributed by atoms with van der Waals surface area (Å²) in [5.74, 6) is 1.23. The lowest BCUT2D eigenvalue weighted by Gasteiger charge is -2.39. The van der Waals surface area contributed by atoms with E-state index in [0.29, 0.717) is 0 Å². The Labute approximate surface area is 72.7 Å². The highest BCUT2D eigenvalue weighted by Gasteiger charge is 2.23. The molecule has 1 N–H and O–H groups in total. The van der Waals surface area contributed by atoms with Crippen LogP contribution in [0.2, 0.25) is 0 Å². The summed E-state index contributed by atoms with van der Waals surface area (Å²) >= 11 is 0. The molecule has 0 unspecified atom stereocenters. The molecule has 1 aliphatic heterocycles. The Morgan fingerprint density at radius 3 is 2.55 bits per heavy atom. The van der Waals surface area contributed by atoms with Gasteiger partial charge in [-0.05, 0) is 19.1 Å². The summed E-state index contributed by atoms with van der Waals surface area (Å²) in [5, 5.41) is 3.57. The maximum absolute atomic E-state index is 3.57. The van der Waals surface area contributed by atoms with Crippen LogP contribution >= 0.6 is 10.9 Å². The van der Waals surface area contributed by atoms with E-state index in [2.05, 4.69) is 29.7 Å². The van der Waals surface area contributed by atoms with Gasteiger partial charge in [-0.25, -0.2) is 10.9 Å². The predicted octanol–water partition coefficient (Wildman–Crippen LogP) is 0.498. The summed E-state index contributed by atoms with van der Waals surface area (Å²) in [5.41, 5.74) is 0. The van der Waals surface area contributed by atoms with E-state index < -0.39 is 0 Å². The number of likely N-dealkylation sites (tertiary alicyclic amines) is 1. The molecule has 0 bridgehead atoms. The molecule has 68 valence electrons. The summed E-state index contributed by atoms with van der Waals surface area (Å²) in [6, 6.07) is 0.792. The van der Waals surface area contributed by atoms with Gasteiger partial charge in [-0.2, -0.15) is 0 Å². The third kappa shape index (κ3) is 3.01. The van der Waals surface area contributed by atoms with Gasteiger partial charge in [0.05, 0.1) is 0 Å². The van der Waals surface area contributed by atoms with Crippen molar-refractivity contribution in [3.8, 4) is 0 Å². The minimum absolute atomic E-state index is 0.247. The lowest BCUT2D eigenvalue weighted by atomic mass is 10.1. The van der Waals surface area contributed by atoms with E-state index in [0.717, 1.165) is 6.04 Å². The number of hydrogen-bond acceptors (Lipinski definition) is 2. The zero-order chi connectivity index (χ0) is 8.27. The first-order valence-electron chi connectivity index (χ1n) is 4.33. The van der Waals surface area contributed by atoms with Crippen LogP contribution in [0.1, 0.15) is 6.92 Å². The first-order chi connectivity index (χ1) is 5.22. The van der Waals surface area contributed by atoms with Crippen LogP contribution in [0.25, 0.3) is 0 Å². The van der Waals surface area contributed by atoms with Crippen molar-refractivity contribution in [2.75, 3.05) is 38.0 Å². The van der Waals surface area contributed by atoms with Gasteiger partial charge >= 0.3 is 0 Å². The Balaban J connectivity index is 1.96. The fourth-order valence-electron chi connectivity index (χ4n) is 1.27. The van der Waals surface area contributed by atoms with Crippen LogP contribution in [-0.4, -0.2) is 49.0 Å². The Bertz CT molecular complexity index is 111. The Hall–Kier alpha value is 0.270. The molecule has 1 aliphatic rings. The summed E-state index contributed by atoms with van der Waals surface area (Å²) in [7, 11) is 0.247. The molecule has 0 radical (unpaired) electrons. The Morgan fingerprint density at radius 2 is 2.09 bits per heavy atom. The molecule has 1 heterocycles. The van der Waals surface area contributed by atoms with Gasteiger partial charge in [-0.3, -0.25) is 0 Å². The minimum Gasteiger partial charge on any atom is -0.304 e. The number of nitrogens with zero attached hydrogens (tertiary/aromatic N) is 1. The molecule has 0 aromatic rings. The molecule has 0 aliphatic carbocycles. The fraction of sp³-hybridized carbons (Fsp3) is 1.00. The second kappa shape index (κ2) is 4.33. The molecule has 3 heteroatoms. The average Bonchev–Trinajstić information content (AvgIpc) is 1.84. The monoisotopic (exact) mass is 176 g/mol. The summed E-state index contributed by atoms with van der Waals surface area (Å²) in [6.07, 6.45) is 4.64. The smallest absolute Gasteiger partial charge is 0.0329 e. The Kier molecular flexibility index (Phi) is 3.69. The molecule has 0 saturated carbocycles. The van der Waals surface area contributed by atoms with Crippen LogP contribution in [0.3, 0.4) is 0 Å². The number of likely N-dealkylation sites (N-methyl/N-ethyl adjacent to an activating group) is 1. The number of hydrogen-bond donors (Lipinski definition) is 2. The molecule has 1 saturated heterocycles. The average molecular weight is 176 g/mol. The van der Waals surface area contributed by atoms with E-state index >= 15 is 0 Å². The minimum atomic E-state index is 0.247. The molecule has 11 heavy (non-hydrogen) atoms. The van der Waals surface area contributed by atoms with Crippen molar-refractivity contribution in [1.82, 2.24) is 10.2 Å². The van der Waals surface area contributed by atoms with Crippen LogP contribution < -0.4 is 5.32 Å². The quantitative estimate of drug-likeness (QED) is 0.606. The van der Waals surface area contributed by atoms with Gasteiger partial charge in [0.25, 0.3) is 0 Å². The standard InChI is InChI=1S/C8H20N2S/c1-4-10-5-8(6-10)9-7-11(2)3/h8-9,11H,4-7H2,1-3H3. The Morgan fingerprint density at radius 1 is 1.45 bits per heavy atom. The molecule has 0 aromatic carbocycles. The van der Waals surface area contributed by atoms with Gasteiger partial charge in [-0.1, -0.05) is 6.92 Å². The van der Waals surface area contributed by atoms with Crippen molar-refractivity contribution in [3.05, 3.63) is 0 Å². The van der Waals surface area contributed by atoms with Gasteiger partial charge in [-0.15, -0.1) is 0 Å². The summed E-state index contributed by atoms with van der Waals surface area (Å²) < 4.78 is 0. The summed E-state index contributed by atoms with van der Waals surface area (Å²) in [4.78, 5) is 2.46. The van der Waals surface area contributed by atoms with Crippen LogP contribution in [-0.2, 0) is 0 Å². The largest absolute Gasteiger partial charge is 0.304 e. The molecule has 0 spiro atoms. The normalized spacial score (nSPS) is 21.5. The highest BCUT2D eigenvalue weighted by atomic mass is 32.2. The molecule has 0 atom stereocenters. The van der Waals surface area contributed by atoms with Crippen LogP contribution in [0.5, 0.6) is 0 Å². The van der Waals surface area contributed by atoms with Crippen molar-refractivity contribution in [3.63, 3.8) is 0 Å². The third-order valence-electron chi connectivity index (χ3n) is 2.10. The zero-order valence-corrected chi connectivity index (χ0v) is 8.69. The van der Waals surface area contributed by atoms with E-state index in [9.17, 15) is 0 Å². The van der Waals surface area contributed by atoms with Crippen molar-refractivity contribution in [2.45, 2.75) is 13.0 Å². The highest BCUT2D eigenvalue weighted by Crippen LogP contribution is 2.12. The van der Waals surface area contributed by atoms with Crippen molar-refractivity contribution >= 4 is 10.9 Å². The third-order valence-corrected chi connectivity index (χ3v) is 2.92. The van der Waals surface area contributed by atoms with E-state index in [1.807, 2.05) is 0 Å². The highest BCUT2D eigenvalue weighted by molar-refractivity contribution is 8.15. The molecular formula is C8H20N2S. The lowest BCUT2D eigenvalue weighted by Crippen LogP contribution is -2.57. The SMILES string of the molecule is CCN1CC(NC[SH](C)C)C1. The number of nitrogens with one attached hydrogen (secondary N) is 1. The second-order valence-electron chi connectivity index (χ2n) is 3.49. The second-order valence-corrected chi connectivity index (χ2v) is 5.97. The molecule has 1 rings (SSSR count). The number of rotatable bonds is 4. The predicted molar refractivity (Wildman–Crippen MR) is 54.7 cm³/mol. The van der Waals surface area contributed by atoms with Gasteiger partial charge < -0.3 is 10.2 Å². The maximum Gasteiger partial charge on any atom is 0.0329 e. The van der Waals surface area contributed by atoms with Crippen LogP contribution in [0.4, 0.5) is 0 Å². The summed E-state index contributed by atoms with van der Waals surface area (Å²) in [6.45, 7) is 5.97. The first-order valence-corrected chi connectivity index (χ1v) is 6.75. The molecule has 2 nitrogen and oxygen atoms in total. The molecular weight excluding hydrogens is 156 g/mol. The lowest BCUT2D eigenvalue weighted by molar-refractivity contribution is 0.139. The number of thiol groups is 1. The molecule has 1 fully saturated rings. The van der Waals surface area contributed by atoms with Gasteiger partial charge in [0.15, 0.2) is 0 Å². The van der Waals surface area contributed by atoms with Crippen LogP contribution in [0.15, 0.2) is 0 Å². The maximum atomic E-state index is 3.57. The molecule has 0 aromatic heterocycles. The van der Waals surface area contributed by atoms with Crippen molar-refractivity contribution < 1.29 is 0 Å². The van der Waals surface area contributed by atoms with Gasteiger partial charge in [0, 0.05) is 25.0 Å². The van der Waals surface area contributed by atoms with E-state index in [4.69, 9.17) is 0 Å². The molecule has 0 amide bonds. The fourth-order valence-corrected chi connectivity index (χ4v) is 1.89. The van der Waals surface area contributed by atoms with Gasteiger partial charge in [0.2, 0.25) is 0 Å². The van der Waals surface area contributed by atoms with Crippen LogP contribution in [0, 0.1) is 0 Å². The van der Waals surface area contributed by atoms with E-state index in [-0.39, 0.29) is 10.9 Å². The van der Waals surface area contributed by atoms with E-state index in [1.165, 1.54) is 25.5 Å². The van der Waals surface area contributed by atoms with Gasteiger partial charge in [0.1, 0.15) is 0 Å². The van der Waals surface area contributed by atoms with Crippen molar-refractivity contribution in [1.29, 1.82) is 0 Å². The van der Waals surface area contributed by atoms with Crippen molar-refractivity contribution in [2.24, 2.45) is 0 Å². The first kappa shape index (κ1) is 9.36. The van der Waals surface area contributed by atoms with E-state index in [1.54, 1.807) is 0 Å². The zero-order valence-electron chi connectivity index (χ0n) is 7.80. The topological polar surface area (TPSA) is 15.3 Å².